The fourth-order valence-corrected chi connectivity index (χ4v) is 5.25. The molecule has 3 aromatic carbocycles. The number of anilines is 1. The van der Waals surface area contributed by atoms with Gasteiger partial charge in [-0.3, -0.25) is 19.3 Å². The molecule has 0 bridgehead atoms. The first-order valence-electron chi connectivity index (χ1n) is 13.5. The molecule has 5 rings (SSSR count). The summed E-state index contributed by atoms with van der Waals surface area (Å²) in [5.41, 5.74) is 3.42. The van der Waals surface area contributed by atoms with Crippen molar-refractivity contribution < 1.29 is 28.6 Å². The van der Waals surface area contributed by atoms with Gasteiger partial charge in [0.05, 0.1) is 38.1 Å². The number of methoxy groups -OCH3 is 3. The Morgan fingerprint density at radius 2 is 1.59 bits per heavy atom. The topological polar surface area (TPSA) is 88.6 Å². The Kier molecular flexibility index (Phi) is 8.24. The van der Waals surface area contributed by atoms with Crippen molar-refractivity contribution in [2.45, 2.75) is 6.42 Å². The van der Waals surface area contributed by atoms with Crippen LogP contribution in [0.15, 0.2) is 66.7 Å². The highest BCUT2D eigenvalue weighted by Crippen LogP contribution is 2.33. The van der Waals surface area contributed by atoms with Gasteiger partial charge in [-0.05, 0) is 60.0 Å². The summed E-state index contributed by atoms with van der Waals surface area (Å²) in [5.74, 6) is 1.32. The third kappa shape index (κ3) is 5.75. The first kappa shape index (κ1) is 27.8. The third-order valence-corrected chi connectivity index (χ3v) is 7.49. The van der Waals surface area contributed by atoms with Gasteiger partial charge in [0.2, 0.25) is 5.91 Å². The van der Waals surface area contributed by atoms with Gasteiger partial charge >= 0.3 is 0 Å². The molecule has 2 aliphatic heterocycles. The maximum absolute atomic E-state index is 13.5. The largest absolute Gasteiger partial charge is 0.497 e. The zero-order valence-corrected chi connectivity index (χ0v) is 23.5. The second-order valence-electron chi connectivity index (χ2n) is 9.82. The molecule has 212 valence electrons. The van der Waals surface area contributed by atoms with E-state index in [-0.39, 0.29) is 24.3 Å². The average Bonchev–Trinajstić information content (AvgIpc) is 3.27. The number of fused-ring (bicyclic) bond motifs is 1. The Hall–Kier alpha value is -4.79. The Morgan fingerprint density at radius 1 is 0.829 bits per heavy atom. The van der Waals surface area contributed by atoms with Crippen molar-refractivity contribution in [1.29, 1.82) is 0 Å². The molecule has 0 saturated carbocycles. The fraction of sp³-hybridized carbons (Fsp3) is 0.281. The van der Waals surface area contributed by atoms with Gasteiger partial charge in [-0.15, -0.1) is 0 Å². The summed E-state index contributed by atoms with van der Waals surface area (Å²) < 4.78 is 15.9. The van der Waals surface area contributed by atoms with Crippen LogP contribution in [0.2, 0.25) is 0 Å². The summed E-state index contributed by atoms with van der Waals surface area (Å²) in [4.78, 5) is 44.7. The Balaban J connectivity index is 1.22. The molecule has 41 heavy (non-hydrogen) atoms. The minimum Gasteiger partial charge on any atom is -0.497 e. The van der Waals surface area contributed by atoms with Crippen molar-refractivity contribution in [3.63, 3.8) is 0 Å². The average molecular weight is 556 g/mol. The first-order valence-corrected chi connectivity index (χ1v) is 13.5. The van der Waals surface area contributed by atoms with Gasteiger partial charge < -0.3 is 24.0 Å². The van der Waals surface area contributed by atoms with Crippen LogP contribution in [-0.4, -0.2) is 81.6 Å². The molecule has 9 nitrogen and oxygen atoms in total. The van der Waals surface area contributed by atoms with Crippen LogP contribution in [0.3, 0.4) is 0 Å². The van der Waals surface area contributed by atoms with Gasteiger partial charge in [-0.1, -0.05) is 24.3 Å². The van der Waals surface area contributed by atoms with Crippen molar-refractivity contribution in [3.05, 3.63) is 89.0 Å². The summed E-state index contributed by atoms with van der Waals surface area (Å²) in [6.07, 6.45) is 3.85. The molecule has 0 unspecified atom stereocenters. The Labute approximate surface area is 239 Å². The van der Waals surface area contributed by atoms with E-state index in [9.17, 15) is 14.4 Å². The normalized spacial score (nSPS) is 15.0. The zero-order chi connectivity index (χ0) is 28.9. The number of ether oxygens (including phenoxy) is 3. The fourth-order valence-electron chi connectivity index (χ4n) is 5.25. The number of hydrogen-bond acceptors (Lipinski definition) is 7. The summed E-state index contributed by atoms with van der Waals surface area (Å²) in [6.45, 7) is 2.39. The van der Waals surface area contributed by atoms with Gasteiger partial charge in [0.1, 0.15) is 5.75 Å². The standard InChI is InChI=1S/C32H33N3O6/c1-39-24-7-4-6-22(20-24)14-15-35-31(37)25-8-5-9-26(30(25)32(35)38)33-16-18-34(19-17-33)29(36)13-11-23-10-12-27(40-2)28(21-23)41-3/h4-13,20-21H,14-19H2,1-3H3/b13-11+. The maximum Gasteiger partial charge on any atom is 0.263 e. The van der Waals surface area contributed by atoms with Crippen molar-refractivity contribution in [2.24, 2.45) is 0 Å². The van der Waals surface area contributed by atoms with Crippen LogP contribution in [0.25, 0.3) is 6.08 Å². The summed E-state index contributed by atoms with van der Waals surface area (Å²) in [7, 11) is 4.76. The molecule has 0 radical (unpaired) electrons. The number of carbonyl (C=O) groups is 3. The lowest BCUT2D eigenvalue weighted by molar-refractivity contribution is -0.126. The Bertz CT molecular complexity index is 1490. The number of nitrogens with zero attached hydrogens (tertiary/aromatic N) is 3. The van der Waals surface area contributed by atoms with E-state index in [1.54, 1.807) is 50.5 Å². The number of benzene rings is 3. The molecule has 0 aromatic heterocycles. The van der Waals surface area contributed by atoms with Crippen LogP contribution >= 0.6 is 0 Å². The van der Waals surface area contributed by atoms with E-state index in [1.807, 2.05) is 48.5 Å². The van der Waals surface area contributed by atoms with Gasteiger partial charge in [0, 0.05) is 38.8 Å². The molecule has 3 amide bonds. The zero-order valence-electron chi connectivity index (χ0n) is 23.5. The van der Waals surface area contributed by atoms with Crippen molar-refractivity contribution in [1.82, 2.24) is 9.80 Å². The first-order chi connectivity index (χ1) is 19.9. The van der Waals surface area contributed by atoms with E-state index in [0.717, 1.165) is 22.6 Å². The molecule has 1 saturated heterocycles. The number of rotatable bonds is 9. The van der Waals surface area contributed by atoms with E-state index in [0.29, 0.717) is 55.2 Å². The molecular weight excluding hydrogens is 522 g/mol. The number of piperazine rings is 1. The summed E-state index contributed by atoms with van der Waals surface area (Å²) in [6, 6.07) is 18.5. The predicted molar refractivity (Wildman–Crippen MR) is 156 cm³/mol. The lowest BCUT2D eigenvalue weighted by Gasteiger charge is -2.36. The van der Waals surface area contributed by atoms with E-state index in [1.165, 1.54) is 4.90 Å². The number of carbonyl (C=O) groups excluding carboxylic acids is 3. The van der Waals surface area contributed by atoms with Crippen LogP contribution in [-0.2, 0) is 11.2 Å². The molecule has 2 heterocycles. The van der Waals surface area contributed by atoms with Crippen molar-refractivity contribution in [2.75, 3.05) is 59.0 Å². The smallest absolute Gasteiger partial charge is 0.263 e. The molecule has 1 fully saturated rings. The summed E-state index contributed by atoms with van der Waals surface area (Å²) in [5, 5.41) is 0. The molecule has 0 spiro atoms. The van der Waals surface area contributed by atoms with E-state index < -0.39 is 0 Å². The lowest BCUT2D eigenvalue weighted by atomic mass is 10.1. The monoisotopic (exact) mass is 555 g/mol. The second kappa shape index (κ2) is 12.2. The third-order valence-electron chi connectivity index (χ3n) is 7.49. The van der Waals surface area contributed by atoms with Gasteiger partial charge in [-0.2, -0.15) is 0 Å². The molecule has 0 N–H and O–H groups in total. The second-order valence-corrected chi connectivity index (χ2v) is 9.82. The van der Waals surface area contributed by atoms with E-state index >= 15 is 0 Å². The molecule has 2 aliphatic rings. The van der Waals surface area contributed by atoms with Crippen LogP contribution in [0.5, 0.6) is 17.2 Å². The number of imide groups is 1. The Morgan fingerprint density at radius 3 is 2.32 bits per heavy atom. The number of hydrogen-bond donors (Lipinski definition) is 0. The summed E-state index contributed by atoms with van der Waals surface area (Å²) >= 11 is 0. The van der Waals surface area contributed by atoms with Gasteiger partial charge in [0.25, 0.3) is 11.8 Å². The number of amides is 3. The highest BCUT2D eigenvalue weighted by molar-refractivity contribution is 6.23. The van der Waals surface area contributed by atoms with Gasteiger partial charge in [-0.25, -0.2) is 0 Å². The quantitative estimate of drug-likeness (QED) is 0.292. The SMILES string of the molecule is COc1cccc(CCN2C(=O)c3cccc(N4CCN(C(=O)/C=C/c5ccc(OC)c(OC)c5)CC4)c3C2=O)c1. The minimum atomic E-state index is -0.278. The molecule has 9 heteroatoms. The molecule has 0 atom stereocenters. The van der Waals surface area contributed by atoms with Crippen molar-refractivity contribution >= 4 is 29.5 Å². The molecular formula is C32H33N3O6. The van der Waals surface area contributed by atoms with E-state index in [2.05, 4.69) is 4.90 Å². The molecule has 3 aromatic rings. The van der Waals surface area contributed by atoms with Crippen LogP contribution in [0.4, 0.5) is 5.69 Å². The lowest BCUT2D eigenvalue weighted by Crippen LogP contribution is -2.48. The van der Waals surface area contributed by atoms with Crippen LogP contribution in [0, 0.1) is 0 Å². The highest BCUT2D eigenvalue weighted by atomic mass is 16.5. The van der Waals surface area contributed by atoms with Crippen LogP contribution in [0.1, 0.15) is 31.8 Å². The van der Waals surface area contributed by atoms with Crippen molar-refractivity contribution in [3.8, 4) is 17.2 Å². The highest BCUT2D eigenvalue weighted by Gasteiger charge is 2.38. The van der Waals surface area contributed by atoms with Crippen LogP contribution < -0.4 is 19.1 Å². The van der Waals surface area contributed by atoms with Gasteiger partial charge in [0.15, 0.2) is 11.5 Å². The maximum atomic E-state index is 13.5. The molecule has 0 aliphatic carbocycles. The van der Waals surface area contributed by atoms with E-state index in [4.69, 9.17) is 14.2 Å². The predicted octanol–water partition coefficient (Wildman–Crippen LogP) is 3.91. The minimum absolute atomic E-state index is 0.0901.